The van der Waals surface area contributed by atoms with Gasteiger partial charge in [0.15, 0.2) is 0 Å². The van der Waals surface area contributed by atoms with Gasteiger partial charge in [-0.2, -0.15) is 0 Å². The smallest absolute Gasteiger partial charge is 0.147 e. The number of rotatable bonds is 4. The van der Waals surface area contributed by atoms with Crippen LogP contribution in [0.1, 0.15) is 31.4 Å². The van der Waals surface area contributed by atoms with Crippen molar-refractivity contribution in [3.05, 3.63) is 33.0 Å². The molecule has 16 heavy (non-hydrogen) atoms. The highest BCUT2D eigenvalue weighted by Crippen LogP contribution is 2.43. The Labute approximate surface area is 109 Å². The van der Waals surface area contributed by atoms with E-state index in [0.29, 0.717) is 16.0 Å². The maximum atomic E-state index is 14.0. The fraction of sp³-hybridized carbons (Fsp3) is 0.500. The Morgan fingerprint density at radius 1 is 1.56 bits per heavy atom. The van der Waals surface area contributed by atoms with Crippen LogP contribution < -0.4 is 5.32 Å². The Hall–Kier alpha value is -0.120. The van der Waals surface area contributed by atoms with Crippen molar-refractivity contribution in [1.29, 1.82) is 0 Å². The summed E-state index contributed by atoms with van der Waals surface area (Å²) in [5.41, 5.74) is 0.692. The molecule has 1 aliphatic rings. The van der Waals surface area contributed by atoms with Crippen molar-refractivity contribution in [3.63, 3.8) is 0 Å². The first-order valence-electron chi connectivity index (χ1n) is 5.52. The molecule has 1 N–H and O–H groups in total. The molecule has 1 atom stereocenters. The van der Waals surface area contributed by atoms with Crippen LogP contribution in [-0.4, -0.2) is 6.54 Å². The minimum atomic E-state index is -0.297. The third kappa shape index (κ3) is 2.41. The molecule has 0 aliphatic heterocycles. The Balaban J connectivity index is 2.33. The molecule has 1 unspecified atom stereocenters. The Morgan fingerprint density at radius 3 is 2.81 bits per heavy atom. The molecule has 0 saturated heterocycles. The van der Waals surface area contributed by atoms with Crippen molar-refractivity contribution in [2.24, 2.45) is 5.92 Å². The second-order valence-electron chi connectivity index (χ2n) is 4.14. The van der Waals surface area contributed by atoms with E-state index < -0.39 is 0 Å². The number of hydrogen-bond donors (Lipinski definition) is 1. The van der Waals surface area contributed by atoms with Crippen molar-refractivity contribution < 1.29 is 4.39 Å². The Kier molecular flexibility index (Phi) is 3.88. The number of halogens is 3. The molecule has 1 aromatic rings. The van der Waals surface area contributed by atoms with Crippen LogP contribution in [0, 0.1) is 11.7 Å². The number of hydrogen-bond acceptors (Lipinski definition) is 1. The quantitative estimate of drug-likeness (QED) is 0.818. The van der Waals surface area contributed by atoms with E-state index in [1.807, 2.05) is 19.1 Å². The van der Waals surface area contributed by atoms with Crippen LogP contribution in [0.5, 0.6) is 0 Å². The summed E-state index contributed by atoms with van der Waals surface area (Å²) in [6, 6.07) is 3.74. The zero-order valence-corrected chi connectivity index (χ0v) is 11.4. The summed E-state index contributed by atoms with van der Waals surface area (Å²) in [6.07, 6.45) is 2.34. The lowest BCUT2D eigenvalue weighted by molar-refractivity contribution is 0.469. The molecular weight excluding hydrogens is 292 g/mol. The maximum absolute atomic E-state index is 14.0. The van der Waals surface area contributed by atoms with E-state index >= 15 is 0 Å². The number of benzene rings is 1. The first kappa shape index (κ1) is 12.3. The lowest BCUT2D eigenvalue weighted by Gasteiger charge is -2.19. The second kappa shape index (κ2) is 5.03. The first-order chi connectivity index (χ1) is 7.65. The second-order valence-corrected chi connectivity index (χ2v) is 5.37. The van der Waals surface area contributed by atoms with Gasteiger partial charge in [-0.15, -0.1) is 0 Å². The lowest BCUT2D eigenvalue weighted by atomic mass is 10.0. The third-order valence-electron chi connectivity index (χ3n) is 2.92. The monoisotopic (exact) mass is 305 g/mol. The molecule has 2 rings (SSSR count). The molecule has 88 valence electrons. The van der Waals surface area contributed by atoms with Gasteiger partial charge in [0.1, 0.15) is 5.82 Å². The predicted molar refractivity (Wildman–Crippen MR) is 68.3 cm³/mol. The van der Waals surface area contributed by atoms with Crippen molar-refractivity contribution >= 4 is 27.5 Å². The highest BCUT2D eigenvalue weighted by molar-refractivity contribution is 9.10. The highest BCUT2D eigenvalue weighted by Gasteiger charge is 2.33. The first-order valence-corrected chi connectivity index (χ1v) is 6.69. The van der Waals surface area contributed by atoms with Crippen molar-refractivity contribution in [1.82, 2.24) is 5.32 Å². The maximum Gasteiger partial charge on any atom is 0.147 e. The largest absolute Gasteiger partial charge is 0.310 e. The predicted octanol–water partition coefficient (Wildman–Crippen LogP) is 4.30. The van der Waals surface area contributed by atoms with Crippen molar-refractivity contribution in [3.8, 4) is 0 Å². The van der Waals surface area contributed by atoms with E-state index in [0.717, 1.165) is 6.54 Å². The summed E-state index contributed by atoms with van der Waals surface area (Å²) in [6.45, 7) is 2.88. The van der Waals surface area contributed by atoms with Gasteiger partial charge in [-0.25, -0.2) is 4.39 Å². The summed E-state index contributed by atoms with van der Waals surface area (Å²) < 4.78 is 14.6. The van der Waals surface area contributed by atoms with Gasteiger partial charge in [-0.05, 0) is 47.3 Å². The van der Waals surface area contributed by atoms with E-state index in [9.17, 15) is 4.39 Å². The van der Waals surface area contributed by atoms with Gasteiger partial charge >= 0.3 is 0 Å². The standard InChI is InChI=1S/C12H14BrClFN/c1-2-16-12(7-3-4-7)8-5-6-9(13)10(14)11(8)15/h5-7,12,16H,2-4H2,1H3. The van der Waals surface area contributed by atoms with Crippen LogP contribution in [0.3, 0.4) is 0 Å². The molecule has 1 fully saturated rings. The van der Waals surface area contributed by atoms with Gasteiger partial charge < -0.3 is 5.32 Å². The molecule has 4 heteroatoms. The van der Waals surface area contributed by atoms with Gasteiger partial charge in [0.05, 0.1) is 5.02 Å². The zero-order chi connectivity index (χ0) is 11.7. The molecule has 0 aromatic heterocycles. The minimum Gasteiger partial charge on any atom is -0.310 e. The summed E-state index contributed by atoms with van der Waals surface area (Å²) in [4.78, 5) is 0. The molecule has 0 amide bonds. The van der Waals surface area contributed by atoms with Crippen molar-refractivity contribution in [2.45, 2.75) is 25.8 Å². The van der Waals surface area contributed by atoms with Crippen LogP contribution in [-0.2, 0) is 0 Å². The SMILES string of the molecule is CCNC(c1ccc(Br)c(Cl)c1F)C1CC1. The highest BCUT2D eigenvalue weighted by atomic mass is 79.9. The van der Waals surface area contributed by atoms with Gasteiger partial charge in [0.2, 0.25) is 0 Å². The summed E-state index contributed by atoms with van der Waals surface area (Å²) >= 11 is 9.13. The fourth-order valence-corrected chi connectivity index (χ4v) is 2.44. The van der Waals surface area contributed by atoms with Crippen LogP contribution in [0.25, 0.3) is 0 Å². The average molecular weight is 307 g/mol. The van der Waals surface area contributed by atoms with Crippen LogP contribution in [0.15, 0.2) is 16.6 Å². The van der Waals surface area contributed by atoms with Gasteiger partial charge in [0, 0.05) is 16.1 Å². The molecule has 1 aliphatic carbocycles. The lowest BCUT2D eigenvalue weighted by Crippen LogP contribution is -2.23. The normalized spacial score (nSPS) is 17.5. The van der Waals surface area contributed by atoms with E-state index in [4.69, 9.17) is 11.6 Å². The fourth-order valence-electron chi connectivity index (χ4n) is 1.96. The summed E-state index contributed by atoms with van der Waals surface area (Å²) in [5, 5.41) is 3.52. The zero-order valence-electron chi connectivity index (χ0n) is 9.06. The van der Waals surface area contributed by atoms with E-state index in [1.165, 1.54) is 12.8 Å². The third-order valence-corrected chi connectivity index (χ3v) is 4.18. The molecule has 1 saturated carbocycles. The van der Waals surface area contributed by atoms with Crippen LogP contribution in [0.2, 0.25) is 5.02 Å². The summed E-state index contributed by atoms with van der Waals surface area (Å²) in [5.74, 6) is 0.264. The van der Waals surface area contributed by atoms with Crippen molar-refractivity contribution in [2.75, 3.05) is 6.54 Å². The minimum absolute atomic E-state index is 0.107. The van der Waals surface area contributed by atoms with Gasteiger partial charge in [0.25, 0.3) is 0 Å². The van der Waals surface area contributed by atoms with E-state index in [1.54, 1.807) is 0 Å². The van der Waals surface area contributed by atoms with Gasteiger partial charge in [-0.1, -0.05) is 24.6 Å². The molecular formula is C12H14BrClFN. The average Bonchev–Trinajstić information content (AvgIpc) is 3.08. The van der Waals surface area contributed by atoms with Gasteiger partial charge in [-0.3, -0.25) is 0 Å². The topological polar surface area (TPSA) is 12.0 Å². The molecule has 0 spiro atoms. The van der Waals surface area contributed by atoms with Crippen LogP contribution >= 0.6 is 27.5 Å². The van der Waals surface area contributed by atoms with E-state index in [2.05, 4.69) is 21.2 Å². The molecule has 0 heterocycles. The molecule has 1 aromatic carbocycles. The molecule has 0 radical (unpaired) electrons. The summed E-state index contributed by atoms with van der Waals surface area (Å²) in [7, 11) is 0. The Bertz CT molecular complexity index is 393. The Morgan fingerprint density at radius 2 is 2.25 bits per heavy atom. The number of nitrogens with one attached hydrogen (secondary N) is 1. The van der Waals surface area contributed by atoms with Crippen LogP contribution in [0.4, 0.5) is 4.39 Å². The molecule has 1 nitrogen and oxygen atoms in total. The van der Waals surface area contributed by atoms with E-state index in [-0.39, 0.29) is 16.9 Å². The molecule has 0 bridgehead atoms.